The Morgan fingerprint density at radius 3 is 2.85 bits per heavy atom. The molecule has 1 aliphatic rings. The first-order valence-electron chi connectivity index (χ1n) is 5.47. The van der Waals surface area contributed by atoms with Crippen LogP contribution in [0.4, 0.5) is 8.78 Å². The molecule has 0 radical (unpaired) electrons. The lowest BCUT2D eigenvalue weighted by Gasteiger charge is -2.13. The molecule has 2 aromatic heterocycles. The number of hydrogen-bond acceptors (Lipinski definition) is 5. The molecule has 0 saturated heterocycles. The molecule has 0 atom stereocenters. The summed E-state index contributed by atoms with van der Waals surface area (Å²) in [5, 5.41) is 13.7. The number of fused-ring (bicyclic) bond motifs is 1. The molecule has 0 aromatic carbocycles. The Morgan fingerprint density at radius 2 is 2.20 bits per heavy atom. The maximum atomic E-state index is 12.7. The lowest BCUT2D eigenvalue weighted by molar-refractivity contribution is 0.135. The molecule has 104 valence electrons. The van der Waals surface area contributed by atoms with Crippen molar-refractivity contribution in [1.82, 2.24) is 14.9 Å². The van der Waals surface area contributed by atoms with Gasteiger partial charge in [-0.25, -0.2) is 8.78 Å². The van der Waals surface area contributed by atoms with E-state index in [9.17, 15) is 8.78 Å². The summed E-state index contributed by atoms with van der Waals surface area (Å²) in [6, 6.07) is 1.98. The van der Waals surface area contributed by atoms with E-state index in [0.29, 0.717) is 10.9 Å². The average molecular weight is 377 g/mol. The van der Waals surface area contributed by atoms with Crippen molar-refractivity contribution >= 4 is 50.8 Å². The zero-order chi connectivity index (χ0) is 14.3. The molecule has 0 N–H and O–H groups in total. The molecule has 0 fully saturated rings. The van der Waals surface area contributed by atoms with Crippen LogP contribution in [-0.2, 0) is 0 Å². The first kappa shape index (κ1) is 13.9. The van der Waals surface area contributed by atoms with Crippen molar-refractivity contribution in [2.24, 2.45) is 5.10 Å². The van der Waals surface area contributed by atoms with Crippen molar-refractivity contribution in [3.05, 3.63) is 31.5 Å². The minimum Gasteiger partial charge on any atom is -0.201 e. The number of rotatable bonds is 2. The molecule has 0 saturated carbocycles. The highest BCUT2D eigenvalue weighted by molar-refractivity contribution is 9.10. The number of alkyl halides is 2. The van der Waals surface area contributed by atoms with Gasteiger partial charge in [-0.2, -0.15) is 9.78 Å². The van der Waals surface area contributed by atoms with E-state index >= 15 is 0 Å². The molecule has 0 amide bonds. The summed E-state index contributed by atoms with van der Waals surface area (Å²) in [6.45, 7) is 1.78. The van der Waals surface area contributed by atoms with Crippen LogP contribution in [0.2, 0.25) is 0 Å². The lowest BCUT2D eigenvalue weighted by Crippen LogP contribution is -2.09. The second-order valence-corrected chi connectivity index (χ2v) is 6.78. The standard InChI is InChI=1S/C11H7BrF2N4S2/c1-5-8(3-7-2-6(12)4-19-7)20-11-16-15-10(9(13)14)18(11)17-5/h2-4,9H,1H3. The number of nitrogens with zero attached hydrogens (tertiary/aromatic N) is 4. The van der Waals surface area contributed by atoms with Crippen molar-refractivity contribution in [3.8, 4) is 0 Å². The van der Waals surface area contributed by atoms with Crippen molar-refractivity contribution in [3.63, 3.8) is 0 Å². The number of hydrogen-bond donors (Lipinski definition) is 0. The smallest absolute Gasteiger partial charge is 0.201 e. The third kappa shape index (κ3) is 2.57. The van der Waals surface area contributed by atoms with Crippen molar-refractivity contribution in [2.75, 3.05) is 0 Å². The number of thioether (sulfide) groups is 1. The molecular weight excluding hydrogens is 370 g/mol. The van der Waals surface area contributed by atoms with Gasteiger partial charge in [0.25, 0.3) is 6.43 Å². The van der Waals surface area contributed by atoms with Gasteiger partial charge in [-0.15, -0.1) is 21.5 Å². The molecule has 9 heteroatoms. The second-order valence-electron chi connectivity index (χ2n) is 3.92. The minimum atomic E-state index is -2.69. The van der Waals surface area contributed by atoms with Crippen molar-refractivity contribution in [1.29, 1.82) is 0 Å². The molecule has 2 aromatic rings. The fraction of sp³-hybridized carbons (Fsp3) is 0.182. The molecule has 0 spiro atoms. The molecule has 0 bridgehead atoms. The van der Waals surface area contributed by atoms with Crippen molar-refractivity contribution < 1.29 is 8.78 Å². The Hall–Kier alpha value is -1.06. The van der Waals surface area contributed by atoms with Crippen LogP contribution in [-0.4, -0.2) is 20.6 Å². The second kappa shape index (κ2) is 5.38. The third-order valence-corrected chi connectivity index (χ3v) is 5.21. The molecule has 0 aliphatic carbocycles. The van der Waals surface area contributed by atoms with E-state index in [1.54, 1.807) is 18.3 Å². The Morgan fingerprint density at radius 1 is 1.40 bits per heavy atom. The normalized spacial score (nSPS) is 16.6. The summed E-state index contributed by atoms with van der Waals surface area (Å²) < 4.78 is 27.6. The van der Waals surface area contributed by atoms with Gasteiger partial charge in [0.15, 0.2) is 0 Å². The van der Waals surface area contributed by atoms with Gasteiger partial charge in [0.05, 0.1) is 5.71 Å². The van der Waals surface area contributed by atoms with E-state index in [4.69, 9.17) is 0 Å². The van der Waals surface area contributed by atoms with Crippen LogP contribution in [0.25, 0.3) is 6.08 Å². The van der Waals surface area contributed by atoms with Gasteiger partial charge in [-0.1, -0.05) is 0 Å². The summed E-state index contributed by atoms with van der Waals surface area (Å²) in [6.07, 6.45) is -0.730. The zero-order valence-electron chi connectivity index (χ0n) is 10.0. The first-order valence-corrected chi connectivity index (χ1v) is 7.96. The third-order valence-electron chi connectivity index (χ3n) is 2.50. The predicted molar refractivity (Wildman–Crippen MR) is 79.3 cm³/mol. The largest absolute Gasteiger partial charge is 0.299 e. The summed E-state index contributed by atoms with van der Waals surface area (Å²) in [7, 11) is 0. The minimum absolute atomic E-state index is 0.354. The topological polar surface area (TPSA) is 43.1 Å². The van der Waals surface area contributed by atoms with Crippen LogP contribution >= 0.6 is 39.0 Å². The summed E-state index contributed by atoms with van der Waals surface area (Å²) in [5.74, 6) is -0.426. The molecule has 0 unspecified atom stereocenters. The summed E-state index contributed by atoms with van der Waals surface area (Å²) in [4.78, 5) is 1.93. The quantitative estimate of drug-likeness (QED) is 0.779. The Bertz CT molecular complexity index is 720. The van der Waals surface area contributed by atoms with Gasteiger partial charge in [0.2, 0.25) is 11.0 Å². The first-order chi connectivity index (χ1) is 9.54. The van der Waals surface area contributed by atoms with E-state index in [1.165, 1.54) is 11.8 Å². The number of aromatic nitrogens is 3. The van der Waals surface area contributed by atoms with Crippen LogP contribution in [0, 0.1) is 0 Å². The van der Waals surface area contributed by atoms with Gasteiger partial charge in [0, 0.05) is 19.6 Å². The summed E-state index contributed by atoms with van der Waals surface area (Å²) in [5.41, 5.74) is 0.661. The van der Waals surface area contributed by atoms with Crippen LogP contribution < -0.4 is 0 Å². The van der Waals surface area contributed by atoms with Gasteiger partial charge in [0.1, 0.15) is 0 Å². The molecule has 20 heavy (non-hydrogen) atoms. The SMILES string of the molecule is CC1=Nn2c(nnc2C(F)F)SC1=Cc1cc(Br)cs1. The fourth-order valence-electron chi connectivity index (χ4n) is 1.61. The van der Waals surface area contributed by atoms with Crippen LogP contribution in [0.1, 0.15) is 24.1 Å². The Kier molecular flexibility index (Phi) is 3.74. The maximum Gasteiger partial charge on any atom is 0.299 e. The molecule has 4 nitrogen and oxygen atoms in total. The molecular formula is C11H7BrF2N4S2. The maximum absolute atomic E-state index is 12.7. The van der Waals surface area contributed by atoms with E-state index in [1.807, 2.05) is 17.5 Å². The monoisotopic (exact) mass is 376 g/mol. The highest BCUT2D eigenvalue weighted by atomic mass is 79.9. The lowest BCUT2D eigenvalue weighted by atomic mass is 10.3. The van der Waals surface area contributed by atoms with E-state index in [0.717, 1.165) is 18.9 Å². The van der Waals surface area contributed by atoms with Gasteiger partial charge in [-0.3, -0.25) is 0 Å². The van der Waals surface area contributed by atoms with Crippen LogP contribution in [0.15, 0.2) is 31.1 Å². The van der Waals surface area contributed by atoms with Crippen LogP contribution in [0.5, 0.6) is 0 Å². The number of allylic oxidation sites excluding steroid dienone is 1. The molecule has 3 heterocycles. The van der Waals surface area contributed by atoms with E-state index in [2.05, 4.69) is 31.2 Å². The Labute approximate surface area is 129 Å². The van der Waals surface area contributed by atoms with Gasteiger partial charge < -0.3 is 0 Å². The molecule has 3 rings (SSSR count). The summed E-state index contributed by atoms with van der Waals surface area (Å²) >= 11 is 6.26. The van der Waals surface area contributed by atoms with Gasteiger partial charge in [-0.05, 0) is 46.8 Å². The molecule has 1 aliphatic heterocycles. The zero-order valence-corrected chi connectivity index (χ0v) is 13.3. The number of halogens is 3. The van der Waals surface area contributed by atoms with E-state index in [-0.39, 0.29) is 0 Å². The average Bonchev–Trinajstić information content (AvgIpc) is 2.96. The Balaban J connectivity index is 1.98. The predicted octanol–water partition coefficient (Wildman–Crippen LogP) is 4.41. The van der Waals surface area contributed by atoms with Gasteiger partial charge >= 0.3 is 0 Å². The van der Waals surface area contributed by atoms with Crippen LogP contribution in [0.3, 0.4) is 0 Å². The highest BCUT2D eigenvalue weighted by Gasteiger charge is 2.25. The van der Waals surface area contributed by atoms with E-state index < -0.39 is 12.2 Å². The number of thiophene rings is 1. The fourth-order valence-corrected chi connectivity index (χ4v) is 3.93. The highest BCUT2D eigenvalue weighted by Crippen LogP contribution is 2.35. The van der Waals surface area contributed by atoms with Crippen molar-refractivity contribution in [2.45, 2.75) is 18.5 Å².